The lowest BCUT2D eigenvalue weighted by molar-refractivity contribution is -0.138. The zero-order valence-corrected chi connectivity index (χ0v) is 13.6. The highest BCUT2D eigenvalue weighted by Gasteiger charge is 2.32. The molecule has 0 unspecified atom stereocenters. The summed E-state index contributed by atoms with van der Waals surface area (Å²) >= 11 is 1.23. The Labute approximate surface area is 141 Å². The highest BCUT2D eigenvalue weighted by Crippen LogP contribution is 2.34. The third kappa shape index (κ3) is 3.46. The molecular formula is C17H14F3N3S. The van der Waals surface area contributed by atoms with Gasteiger partial charge in [-0.3, -0.25) is 4.57 Å². The molecule has 1 aromatic heterocycles. The fourth-order valence-corrected chi connectivity index (χ4v) is 3.31. The number of benzene rings is 2. The molecule has 0 spiro atoms. The van der Waals surface area contributed by atoms with Crippen LogP contribution in [0, 0.1) is 6.92 Å². The van der Waals surface area contributed by atoms with E-state index in [9.17, 15) is 13.2 Å². The number of para-hydroxylation sites is 1. The summed E-state index contributed by atoms with van der Waals surface area (Å²) in [5.74, 6) is 0.167. The Morgan fingerprint density at radius 2 is 1.75 bits per heavy atom. The lowest BCUT2D eigenvalue weighted by Gasteiger charge is -2.13. The Bertz CT molecular complexity index is 843. The number of aromatic nitrogens is 3. The summed E-state index contributed by atoms with van der Waals surface area (Å²) in [5.41, 5.74) is 1.57. The standard InChI is InChI=1S/C17H14F3N3S/c1-12-6-2-5-9-15(12)23-11-21-22-16(23)24-10-13-7-3-4-8-14(13)17(18,19)20/h2-9,11H,10H2,1H3. The number of hydrogen-bond donors (Lipinski definition) is 0. The lowest BCUT2D eigenvalue weighted by Crippen LogP contribution is -2.08. The van der Waals surface area contributed by atoms with Crippen LogP contribution in [0.3, 0.4) is 0 Å². The Balaban J connectivity index is 1.86. The van der Waals surface area contributed by atoms with Gasteiger partial charge >= 0.3 is 6.18 Å². The van der Waals surface area contributed by atoms with Crippen LogP contribution in [-0.2, 0) is 11.9 Å². The van der Waals surface area contributed by atoms with Crippen molar-refractivity contribution < 1.29 is 13.2 Å². The molecule has 0 amide bonds. The van der Waals surface area contributed by atoms with E-state index in [4.69, 9.17) is 0 Å². The number of halogens is 3. The second-order valence-corrected chi connectivity index (χ2v) is 6.16. The minimum Gasteiger partial charge on any atom is -0.276 e. The molecule has 0 bridgehead atoms. The van der Waals surface area contributed by atoms with Gasteiger partial charge in [0, 0.05) is 5.75 Å². The van der Waals surface area contributed by atoms with Crippen LogP contribution in [0.5, 0.6) is 0 Å². The first-order valence-corrected chi connectivity index (χ1v) is 8.19. The van der Waals surface area contributed by atoms with Crippen molar-refractivity contribution in [1.29, 1.82) is 0 Å². The molecule has 7 heteroatoms. The van der Waals surface area contributed by atoms with Crippen LogP contribution in [0.2, 0.25) is 0 Å². The van der Waals surface area contributed by atoms with Crippen molar-refractivity contribution in [2.45, 2.75) is 24.0 Å². The normalized spacial score (nSPS) is 11.7. The van der Waals surface area contributed by atoms with E-state index < -0.39 is 11.7 Å². The maximum Gasteiger partial charge on any atom is 0.416 e. The van der Waals surface area contributed by atoms with Crippen molar-refractivity contribution in [1.82, 2.24) is 14.8 Å². The van der Waals surface area contributed by atoms with Crippen LogP contribution in [0.1, 0.15) is 16.7 Å². The fourth-order valence-electron chi connectivity index (χ4n) is 2.39. The first-order chi connectivity index (χ1) is 11.5. The number of hydrogen-bond acceptors (Lipinski definition) is 3. The summed E-state index contributed by atoms with van der Waals surface area (Å²) in [4.78, 5) is 0. The van der Waals surface area contributed by atoms with E-state index in [2.05, 4.69) is 10.2 Å². The Morgan fingerprint density at radius 3 is 2.50 bits per heavy atom. The van der Waals surface area contributed by atoms with E-state index in [1.165, 1.54) is 23.9 Å². The number of aryl methyl sites for hydroxylation is 1. The molecule has 0 atom stereocenters. The Hall–Kier alpha value is -2.28. The molecule has 0 aliphatic rings. The third-order valence-corrected chi connectivity index (χ3v) is 4.56. The van der Waals surface area contributed by atoms with E-state index in [0.717, 1.165) is 17.3 Å². The molecule has 1 heterocycles. The molecule has 0 aliphatic carbocycles. The van der Waals surface area contributed by atoms with Gasteiger partial charge in [0.15, 0.2) is 5.16 Å². The van der Waals surface area contributed by atoms with Gasteiger partial charge in [0.2, 0.25) is 0 Å². The van der Waals surface area contributed by atoms with Gasteiger partial charge in [0.25, 0.3) is 0 Å². The number of rotatable bonds is 4. The van der Waals surface area contributed by atoms with E-state index in [1.807, 2.05) is 31.2 Å². The van der Waals surface area contributed by atoms with Crippen molar-refractivity contribution in [2.24, 2.45) is 0 Å². The molecule has 0 fully saturated rings. The van der Waals surface area contributed by atoms with Gasteiger partial charge in [-0.2, -0.15) is 13.2 Å². The summed E-state index contributed by atoms with van der Waals surface area (Å²) in [7, 11) is 0. The quantitative estimate of drug-likeness (QED) is 0.629. The highest BCUT2D eigenvalue weighted by atomic mass is 32.2. The summed E-state index contributed by atoms with van der Waals surface area (Å²) in [6, 6.07) is 13.3. The first kappa shape index (κ1) is 16.6. The third-order valence-electron chi connectivity index (χ3n) is 3.57. The second kappa shape index (κ2) is 6.68. The average Bonchev–Trinajstić information content (AvgIpc) is 3.01. The number of alkyl halides is 3. The zero-order chi connectivity index (χ0) is 17.2. The molecule has 24 heavy (non-hydrogen) atoms. The summed E-state index contributed by atoms with van der Waals surface area (Å²) in [5, 5.41) is 8.49. The van der Waals surface area contributed by atoms with Gasteiger partial charge in [-0.05, 0) is 30.2 Å². The summed E-state index contributed by atoms with van der Waals surface area (Å²) in [6.07, 6.45) is -2.79. The molecule has 0 saturated heterocycles. The monoisotopic (exact) mass is 349 g/mol. The average molecular weight is 349 g/mol. The van der Waals surface area contributed by atoms with Crippen LogP contribution < -0.4 is 0 Å². The highest BCUT2D eigenvalue weighted by molar-refractivity contribution is 7.98. The zero-order valence-electron chi connectivity index (χ0n) is 12.8. The second-order valence-electron chi connectivity index (χ2n) is 5.21. The first-order valence-electron chi connectivity index (χ1n) is 7.21. The molecule has 2 aromatic carbocycles. The smallest absolute Gasteiger partial charge is 0.276 e. The molecular weight excluding hydrogens is 335 g/mol. The van der Waals surface area contributed by atoms with Crippen molar-refractivity contribution in [3.05, 3.63) is 71.5 Å². The minimum absolute atomic E-state index is 0.167. The van der Waals surface area contributed by atoms with Crippen LogP contribution in [-0.4, -0.2) is 14.8 Å². The summed E-state index contributed by atoms with van der Waals surface area (Å²) in [6.45, 7) is 1.96. The lowest BCUT2D eigenvalue weighted by atomic mass is 10.1. The van der Waals surface area contributed by atoms with E-state index in [-0.39, 0.29) is 11.3 Å². The van der Waals surface area contributed by atoms with Crippen LogP contribution in [0.25, 0.3) is 5.69 Å². The van der Waals surface area contributed by atoms with E-state index in [0.29, 0.717) is 5.16 Å². The molecule has 0 N–H and O–H groups in total. The summed E-state index contributed by atoms with van der Waals surface area (Å²) < 4.78 is 41.0. The predicted octanol–water partition coefficient (Wildman–Crippen LogP) is 4.89. The van der Waals surface area contributed by atoms with Crippen molar-refractivity contribution in [3.63, 3.8) is 0 Å². The maximum atomic E-state index is 13.1. The Morgan fingerprint density at radius 1 is 1.04 bits per heavy atom. The van der Waals surface area contributed by atoms with Gasteiger partial charge < -0.3 is 0 Å². The van der Waals surface area contributed by atoms with Gasteiger partial charge in [-0.25, -0.2) is 0 Å². The maximum absolute atomic E-state index is 13.1. The fraction of sp³-hybridized carbons (Fsp3) is 0.176. The van der Waals surface area contributed by atoms with Gasteiger partial charge in [-0.15, -0.1) is 10.2 Å². The van der Waals surface area contributed by atoms with Crippen LogP contribution in [0.15, 0.2) is 60.0 Å². The molecule has 124 valence electrons. The predicted molar refractivity (Wildman–Crippen MR) is 87.1 cm³/mol. The van der Waals surface area contributed by atoms with Gasteiger partial charge in [0.05, 0.1) is 11.3 Å². The molecule has 3 aromatic rings. The van der Waals surface area contributed by atoms with Crippen LogP contribution in [0.4, 0.5) is 13.2 Å². The van der Waals surface area contributed by atoms with Gasteiger partial charge in [0.1, 0.15) is 6.33 Å². The molecule has 0 aliphatic heterocycles. The molecule has 0 saturated carbocycles. The topological polar surface area (TPSA) is 30.7 Å². The van der Waals surface area contributed by atoms with E-state index in [1.54, 1.807) is 17.0 Å². The number of thioether (sulfide) groups is 1. The van der Waals surface area contributed by atoms with Crippen molar-refractivity contribution >= 4 is 11.8 Å². The number of nitrogens with zero attached hydrogens (tertiary/aromatic N) is 3. The largest absolute Gasteiger partial charge is 0.416 e. The molecule has 0 radical (unpaired) electrons. The SMILES string of the molecule is Cc1ccccc1-n1cnnc1SCc1ccccc1C(F)(F)F. The van der Waals surface area contributed by atoms with Crippen LogP contribution >= 0.6 is 11.8 Å². The Kier molecular flexibility index (Phi) is 4.62. The van der Waals surface area contributed by atoms with Gasteiger partial charge in [-0.1, -0.05) is 48.2 Å². The van der Waals surface area contributed by atoms with E-state index >= 15 is 0 Å². The van der Waals surface area contributed by atoms with Crippen molar-refractivity contribution in [2.75, 3.05) is 0 Å². The minimum atomic E-state index is -4.36. The molecule has 3 nitrogen and oxygen atoms in total. The van der Waals surface area contributed by atoms with Crippen molar-refractivity contribution in [3.8, 4) is 5.69 Å². The molecule has 3 rings (SSSR count).